The monoisotopic (exact) mass is 384 g/mol. The lowest BCUT2D eigenvalue weighted by Gasteiger charge is -2.01. The van der Waals surface area contributed by atoms with Gasteiger partial charge in [-0.1, -0.05) is 28.4 Å². The lowest BCUT2D eigenvalue weighted by Crippen LogP contribution is -2.09. The number of hydrogen-bond acceptors (Lipinski definition) is 5. The van der Waals surface area contributed by atoms with Crippen LogP contribution in [0.2, 0.25) is 10.0 Å². The number of nitrogens with one attached hydrogen (secondary N) is 1. The fourth-order valence-corrected chi connectivity index (χ4v) is 2.65. The Bertz CT molecular complexity index is 1200. The van der Waals surface area contributed by atoms with Crippen LogP contribution >= 0.6 is 23.2 Å². The van der Waals surface area contributed by atoms with Crippen molar-refractivity contribution >= 4 is 46.3 Å². The highest BCUT2D eigenvalue weighted by molar-refractivity contribution is 6.42. The van der Waals surface area contributed by atoms with Crippen LogP contribution < -0.4 is 5.56 Å². The number of nitrogens with zero attached hydrogens (tertiary/aromatic N) is 5. The van der Waals surface area contributed by atoms with Gasteiger partial charge >= 0.3 is 0 Å². The SMILES string of the molecule is O=c1[nH]c(/C=C/c2cn(-c3ccc(Cl)c(Cl)c3)nn2)nc2cnccc12. The van der Waals surface area contributed by atoms with E-state index in [4.69, 9.17) is 23.2 Å². The molecule has 0 fully saturated rings. The topological polar surface area (TPSA) is 89.4 Å². The van der Waals surface area contributed by atoms with Gasteiger partial charge in [0.15, 0.2) is 0 Å². The summed E-state index contributed by atoms with van der Waals surface area (Å²) in [5.41, 5.74) is 1.62. The number of benzene rings is 1. The number of pyridine rings is 1. The molecule has 9 heteroatoms. The molecule has 1 aromatic carbocycles. The lowest BCUT2D eigenvalue weighted by atomic mass is 10.3. The molecule has 0 atom stereocenters. The molecule has 0 spiro atoms. The van der Waals surface area contributed by atoms with E-state index in [1.54, 1.807) is 59.7 Å². The van der Waals surface area contributed by atoms with Crippen molar-refractivity contribution in [1.29, 1.82) is 0 Å². The molecule has 0 bridgehead atoms. The summed E-state index contributed by atoms with van der Waals surface area (Å²) in [5, 5.41) is 9.50. The molecule has 0 unspecified atom stereocenters. The molecule has 7 nitrogen and oxygen atoms in total. The van der Waals surface area contributed by atoms with E-state index in [1.807, 2.05) is 0 Å². The summed E-state index contributed by atoms with van der Waals surface area (Å²) in [6, 6.07) is 6.79. The third-order valence-electron chi connectivity index (χ3n) is 3.62. The minimum atomic E-state index is -0.225. The maximum atomic E-state index is 12.0. The molecule has 3 heterocycles. The van der Waals surface area contributed by atoms with Crippen molar-refractivity contribution in [3.63, 3.8) is 0 Å². The molecule has 3 aromatic heterocycles. The largest absolute Gasteiger partial charge is 0.306 e. The van der Waals surface area contributed by atoms with Crippen LogP contribution in [0.1, 0.15) is 11.5 Å². The van der Waals surface area contributed by atoms with Gasteiger partial charge in [-0.2, -0.15) is 0 Å². The maximum absolute atomic E-state index is 12.0. The number of hydrogen-bond donors (Lipinski definition) is 1. The molecule has 1 N–H and O–H groups in total. The van der Waals surface area contributed by atoms with Crippen LogP contribution in [-0.2, 0) is 0 Å². The number of rotatable bonds is 3. The molecule has 0 radical (unpaired) electrons. The zero-order valence-corrected chi connectivity index (χ0v) is 14.6. The second-order valence-electron chi connectivity index (χ2n) is 5.36. The number of aromatic nitrogens is 6. The second-order valence-corrected chi connectivity index (χ2v) is 6.18. The van der Waals surface area contributed by atoms with Gasteiger partial charge in [-0.15, -0.1) is 5.10 Å². The molecule has 26 heavy (non-hydrogen) atoms. The highest BCUT2D eigenvalue weighted by Crippen LogP contribution is 2.24. The van der Waals surface area contributed by atoms with Crippen molar-refractivity contribution < 1.29 is 0 Å². The summed E-state index contributed by atoms with van der Waals surface area (Å²) in [6.07, 6.45) is 8.16. The summed E-state index contributed by atoms with van der Waals surface area (Å²) in [5.74, 6) is 0.402. The van der Waals surface area contributed by atoms with Crippen LogP contribution in [0.5, 0.6) is 0 Å². The molecule has 0 saturated carbocycles. The van der Waals surface area contributed by atoms with Crippen molar-refractivity contribution in [2.45, 2.75) is 0 Å². The predicted octanol–water partition coefficient (Wildman–Crippen LogP) is 3.38. The van der Waals surface area contributed by atoms with Gasteiger partial charge in [0.1, 0.15) is 11.5 Å². The van der Waals surface area contributed by atoms with Crippen LogP contribution in [0.4, 0.5) is 0 Å². The predicted molar refractivity (Wildman–Crippen MR) is 100 cm³/mol. The molecular formula is C17H10Cl2N6O. The highest BCUT2D eigenvalue weighted by Gasteiger charge is 2.05. The van der Waals surface area contributed by atoms with E-state index >= 15 is 0 Å². The quantitative estimate of drug-likeness (QED) is 0.584. The van der Waals surface area contributed by atoms with E-state index in [-0.39, 0.29) is 5.56 Å². The van der Waals surface area contributed by atoms with E-state index in [2.05, 4.69) is 25.3 Å². The Hall–Kier alpha value is -3.03. The Morgan fingerprint density at radius 3 is 2.85 bits per heavy atom. The van der Waals surface area contributed by atoms with Crippen molar-refractivity contribution in [2.75, 3.05) is 0 Å². The fraction of sp³-hybridized carbons (Fsp3) is 0. The first kappa shape index (κ1) is 16.4. The maximum Gasteiger partial charge on any atom is 0.259 e. The van der Waals surface area contributed by atoms with Crippen molar-refractivity contribution in [2.24, 2.45) is 0 Å². The zero-order chi connectivity index (χ0) is 18.1. The van der Waals surface area contributed by atoms with Crippen molar-refractivity contribution in [3.05, 3.63) is 74.8 Å². The van der Waals surface area contributed by atoms with E-state index in [0.29, 0.717) is 32.5 Å². The van der Waals surface area contributed by atoms with E-state index in [0.717, 1.165) is 5.69 Å². The first-order valence-corrected chi connectivity index (χ1v) is 8.26. The normalized spacial score (nSPS) is 11.5. The molecule has 128 valence electrons. The van der Waals surface area contributed by atoms with Crippen molar-refractivity contribution in [3.8, 4) is 5.69 Å². The minimum absolute atomic E-state index is 0.225. The van der Waals surface area contributed by atoms with Gasteiger partial charge in [-0.05, 0) is 36.4 Å². The Kier molecular flexibility index (Phi) is 4.24. The van der Waals surface area contributed by atoms with Gasteiger partial charge < -0.3 is 4.98 Å². The Labute approximate surface area is 156 Å². The Morgan fingerprint density at radius 1 is 1.12 bits per heavy atom. The number of H-pyrrole nitrogens is 1. The number of halogens is 2. The van der Waals surface area contributed by atoms with Gasteiger partial charge in [0.25, 0.3) is 5.56 Å². The molecule has 4 aromatic rings. The minimum Gasteiger partial charge on any atom is -0.306 e. The Balaban J connectivity index is 1.63. The fourth-order valence-electron chi connectivity index (χ4n) is 2.36. The standard InChI is InChI=1S/C17H10Cl2N6O/c18-13-3-2-11(7-14(13)19)25-9-10(23-24-25)1-4-16-21-15-8-20-6-5-12(15)17(26)22-16/h1-9H,(H,21,22,26)/b4-1+. The molecular weight excluding hydrogens is 375 g/mol. The molecule has 4 rings (SSSR count). The average Bonchev–Trinajstić information content (AvgIpc) is 3.11. The van der Waals surface area contributed by atoms with Gasteiger partial charge in [-0.25, -0.2) is 9.67 Å². The number of aromatic amines is 1. The smallest absolute Gasteiger partial charge is 0.259 e. The third-order valence-corrected chi connectivity index (χ3v) is 4.36. The zero-order valence-electron chi connectivity index (χ0n) is 13.1. The number of fused-ring (bicyclic) bond motifs is 1. The lowest BCUT2D eigenvalue weighted by molar-refractivity contribution is 0.803. The summed E-state index contributed by atoms with van der Waals surface area (Å²) in [7, 11) is 0. The molecule has 0 aliphatic heterocycles. The van der Waals surface area contributed by atoms with Crippen LogP contribution in [0.15, 0.2) is 47.7 Å². The van der Waals surface area contributed by atoms with Crippen LogP contribution in [0, 0.1) is 0 Å². The average molecular weight is 385 g/mol. The highest BCUT2D eigenvalue weighted by atomic mass is 35.5. The van der Waals surface area contributed by atoms with E-state index in [1.165, 1.54) is 0 Å². The molecule has 0 aliphatic rings. The van der Waals surface area contributed by atoms with Crippen LogP contribution in [0.3, 0.4) is 0 Å². The van der Waals surface area contributed by atoms with E-state index < -0.39 is 0 Å². The Morgan fingerprint density at radius 2 is 2.00 bits per heavy atom. The van der Waals surface area contributed by atoms with Crippen molar-refractivity contribution in [1.82, 2.24) is 29.9 Å². The summed E-state index contributed by atoms with van der Waals surface area (Å²) in [4.78, 5) is 23.1. The summed E-state index contributed by atoms with van der Waals surface area (Å²) < 4.78 is 1.57. The third kappa shape index (κ3) is 3.22. The first-order chi connectivity index (χ1) is 12.6. The summed E-state index contributed by atoms with van der Waals surface area (Å²) >= 11 is 11.9. The van der Waals surface area contributed by atoms with Crippen LogP contribution in [0.25, 0.3) is 28.7 Å². The van der Waals surface area contributed by atoms with Gasteiger partial charge in [0.2, 0.25) is 0 Å². The van der Waals surface area contributed by atoms with Gasteiger partial charge in [-0.3, -0.25) is 9.78 Å². The van der Waals surface area contributed by atoms with Crippen LogP contribution in [-0.4, -0.2) is 29.9 Å². The molecule has 0 saturated heterocycles. The first-order valence-electron chi connectivity index (χ1n) is 7.50. The molecule has 0 aliphatic carbocycles. The second kappa shape index (κ2) is 6.70. The summed E-state index contributed by atoms with van der Waals surface area (Å²) in [6.45, 7) is 0. The van der Waals surface area contributed by atoms with Gasteiger partial charge in [0, 0.05) is 6.20 Å². The van der Waals surface area contributed by atoms with E-state index in [9.17, 15) is 4.79 Å². The molecule has 0 amide bonds. The van der Waals surface area contributed by atoms with Gasteiger partial charge in [0.05, 0.1) is 39.0 Å².